The van der Waals surface area contributed by atoms with Gasteiger partial charge in [0.05, 0.1) is 43.1 Å². The minimum Gasteiger partial charge on any atom is -0.495 e. The molecule has 0 saturated carbocycles. The number of nitrogens with zero attached hydrogens (tertiary/aromatic N) is 3. The second kappa shape index (κ2) is 8.93. The highest BCUT2D eigenvalue weighted by Gasteiger charge is 2.31. The molecule has 2 heterocycles. The van der Waals surface area contributed by atoms with E-state index in [4.69, 9.17) is 15.2 Å². The van der Waals surface area contributed by atoms with Crippen LogP contribution in [-0.2, 0) is 10.9 Å². The summed E-state index contributed by atoms with van der Waals surface area (Å²) >= 11 is 0. The van der Waals surface area contributed by atoms with E-state index < -0.39 is 17.8 Å². The summed E-state index contributed by atoms with van der Waals surface area (Å²) in [6, 6.07) is 6.87. The molecule has 1 aliphatic heterocycles. The van der Waals surface area contributed by atoms with E-state index in [1.807, 2.05) is 12.1 Å². The van der Waals surface area contributed by atoms with Crippen molar-refractivity contribution in [2.24, 2.45) is 0 Å². The van der Waals surface area contributed by atoms with E-state index in [0.29, 0.717) is 47.1 Å². The molecule has 3 aromatic rings. The first-order chi connectivity index (χ1) is 15.7. The lowest BCUT2D eigenvalue weighted by Gasteiger charge is -2.30. The fourth-order valence-corrected chi connectivity index (χ4v) is 3.96. The molecular weight excluding hydrogens is 435 g/mol. The lowest BCUT2D eigenvalue weighted by atomic mass is 10.0. The van der Waals surface area contributed by atoms with E-state index in [9.17, 15) is 13.2 Å². The van der Waals surface area contributed by atoms with Crippen LogP contribution in [-0.4, -0.2) is 43.4 Å². The van der Waals surface area contributed by atoms with Crippen LogP contribution in [0.15, 0.2) is 30.3 Å². The Morgan fingerprint density at radius 2 is 1.85 bits per heavy atom. The predicted molar refractivity (Wildman–Crippen MR) is 122 cm³/mol. The van der Waals surface area contributed by atoms with E-state index >= 15 is 0 Å². The third kappa shape index (κ3) is 4.90. The van der Waals surface area contributed by atoms with Gasteiger partial charge < -0.3 is 25.4 Å². The zero-order valence-electron chi connectivity index (χ0n) is 18.7. The first-order valence-electron chi connectivity index (χ1n) is 10.6. The number of morpholine rings is 1. The SMILES string of the molecule is COc1cc2c(NC(C)c3cc(N)cc(C(F)(F)F)c3)nc(C)nc2cc1N1CCOCC1. The number of halogens is 3. The van der Waals surface area contributed by atoms with Crippen molar-refractivity contribution >= 4 is 28.1 Å². The number of hydrogen-bond donors (Lipinski definition) is 2. The van der Waals surface area contributed by atoms with Crippen molar-refractivity contribution < 1.29 is 22.6 Å². The first kappa shape index (κ1) is 22.9. The molecule has 176 valence electrons. The summed E-state index contributed by atoms with van der Waals surface area (Å²) in [6.07, 6.45) is -4.48. The van der Waals surface area contributed by atoms with Gasteiger partial charge in [-0.25, -0.2) is 9.97 Å². The van der Waals surface area contributed by atoms with Crippen LogP contribution in [0.25, 0.3) is 10.9 Å². The van der Waals surface area contributed by atoms with Crippen LogP contribution in [0.3, 0.4) is 0 Å². The Balaban J connectivity index is 1.73. The number of aromatic nitrogens is 2. The monoisotopic (exact) mass is 461 g/mol. The molecule has 1 aliphatic rings. The number of methoxy groups -OCH3 is 1. The van der Waals surface area contributed by atoms with Gasteiger partial charge in [-0.2, -0.15) is 13.2 Å². The van der Waals surface area contributed by atoms with Gasteiger partial charge >= 0.3 is 6.18 Å². The first-order valence-corrected chi connectivity index (χ1v) is 10.6. The summed E-state index contributed by atoms with van der Waals surface area (Å²) in [7, 11) is 1.60. The number of ether oxygens (including phenoxy) is 2. The molecule has 10 heteroatoms. The van der Waals surface area contributed by atoms with Crippen LogP contribution in [0.5, 0.6) is 5.75 Å². The molecule has 33 heavy (non-hydrogen) atoms. The van der Waals surface area contributed by atoms with Crippen molar-refractivity contribution in [2.45, 2.75) is 26.1 Å². The second-order valence-electron chi connectivity index (χ2n) is 8.01. The van der Waals surface area contributed by atoms with E-state index in [1.54, 1.807) is 21.0 Å². The number of benzene rings is 2. The number of nitrogens with one attached hydrogen (secondary N) is 1. The van der Waals surface area contributed by atoms with E-state index in [-0.39, 0.29) is 5.69 Å². The maximum atomic E-state index is 13.3. The maximum absolute atomic E-state index is 13.3. The van der Waals surface area contributed by atoms with Crippen molar-refractivity contribution in [3.8, 4) is 5.75 Å². The third-order valence-corrected chi connectivity index (χ3v) is 5.62. The lowest BCUT2D eigenvalue weighted by Crippen LogP contribution is -2.36. The van der Waals surface area contributed by atoms with Gasteiger partial charge in [0.1, 0.15) is 17.4 Å². The molecule has 0 aliphatic carbocycles. The summed E-state index contributed by atoms with van der Waals surface area (Å²) in [5.74, 6) is 1.71. The van der Waals surface area contributed by atoms with E-state index in [1.165, 1.54) is 6.07 Å². The van der Waals surface area contributed by atoms with Crippen molar-refractivity contribution in [3.63, 3.8) is 0 Å². The summed E-state index contributed by atoms with van der Waals surface area (Å²) in [5, 5.41) is 3.94. The number of aryl methyl sites for hydroxylation is 1. The van der Waals surface area contributed by atoms with Crippen LogP contribution in [0.2, 0.25) is 0 Å². The number of alkyl halides is 3. The maximum Gasteiger partial charge on any atom is 0.416 e. The fraction of sp³-hybridized carbons (Fsp3) is 0.391. The van der Waals surface area contributed by atoms with Gasteiger partial charge in [0.2, 0.25) is 0 Å². The number of anilines is 3. The Labute approximate surface area is 189 Å². The molecule has 1 atom stereocenters. The molecule has 7 nitrogen and oxygen atoms in total. The summed E-state index contributed by atoms with van der Waals surface area (Å²) in [5.41, 5.74) is 7.04. The Morgan fingerprint density at radius 1 is 1.12 bits per heavy atom. The average Bonchev–Trinajstić information content (AvgIpc) is 2.77. The highest BCUT2D eigenvalue weighted by molar-refractivity contribution is 5.94. The smallest absolute Gasteiger partial charge is 0.416 e. The predicted octanol–water partition coefficient (Wildman–Crippen LogP) is 4.56. The average molecular weight is 461 g/mol. The van der Waals surface area contributed by atoms with Crippen molar-refractivity contribution in [3.05, 3.63) is 47.3 Å². The van der Waals surface area contributed by atoms with Crippen LogP contribution < -0.4 is 20.7 Å². The Kier molecular flexibility index (Phi) is 6.20. The number of nitrogen functional groups attached to an aromatic ring is 1. The van der Waals surface area contributed by atoms with Gasteiger partial charge in [0.15, 0.2) is 0 Å². The largest absolute Gasteiger partial charge is 0.495 e. The van der Waals surface area contributed by atoms with Gasteiger partial charge in [-0.05, 0) is 49.7 Å². The molecule has 0 bridgehead atoms. The molecule has 3 N–H and O–H groups in total. The number of nitrogens with two attached hydrogens (primary N) is 1. The molecule has 1 fully saturated rings. The van der Waals surface area contributed by atoms with E-state index in [0.717, 1.165) is 30.9 Å². The molecule has 1 aromatic heterocycles. The Morgan fingerprint density at radius 3 is 2.52 bits per heavy atom. The van der Waals surface area contributed by atoms with Crippen molar-refractivity contribution in [1.29, 1.82) is 0 Å². The minimum absolute atomic E-state index is 0.0500. The summed E-state index contributed by atoms with van der Waals surface area (Å²) in [6.45, 7) is 6.28. The fourth-order valence-electron chi connectivity index (χ4n) is 3.96. The van der Waals surface area contributed by atoms with Crippen LogP contribution in [0, 0.1) is 6.92 Å². The normalized spacial score (nSPS) is 15.5. The highest BCUT2D eigenvalue weighted by Crippen LogP contribution is 2.37. The number of hydrogen-bond acceptors (Lipinski definition) is 7. The van der Waals surface area contributed by atoms with Crippen LogP contribution in [0.1, 0.15) is 29.9 Å². The summed E-state index contributed by atoms with van der Waals surface area (Å²) in [4.78, 5) is 11.3. The Hall–Kier alpha value is -3.27. The van der Waals surface area contributed by atoms with Gasteiger partial charge in [-0.15, -0.1) is 0 Å². The standard InChI is InChI=1S/C23H26F3N5O2/c1-13(15-8-16(23(24,25)26)10-17(27)9-15)28-22-18-11-21(32-3)20(31-4-6-33-7-5-31)12-19(18)29-14(2)30-22/h8-13H,4-7,27H2,1-3H3,(H,28,29,30). The van der Waals surface area contributed by atoms with Crippen LogP contribution in [0.4, 0.5) is 30.4 Å². The zero-order chi connectivity index (χ0) is 23.8. The van der Waals surface area contributed by atoms with Crippen LogP contribution >= 0.6 is 0 Å². The summed E-state index contributed by atoms with van der Waals surface area (Å²) < 4.78 is 50.8. The third-order valence-electron chi connectivity index (χ3n) is 5.62. The molecule has 1 saturated heterocycles. The minimum atomic E-state index is -4.48. The molecular formula is C23H26F3N5O2. The lowest BCUT2D eigenvalue weighted by molar-refractivity contribution is -0.137. The highest BCUT2D eigenvalue weighted by atomic mass is 19.4. The number of fused-ring (bicyclic) bond motifs is 1. The van der Waals surface area contributed by atoms with Gasteiger partial charge in [0.25, 0.3) is 0 Å². The molecule has 2 aromatic carbocycles. The molecule has 0 spiro atoms. The molecule has 4 rings (SSSR count). The zero-order valence-corrected chi connectivity index (χ0v) is 18.7. The van der Waals surface area contributed by atoms with Gasteiger partial charge in [-0.1, -0.05) is 0 Å². The number of rotatable bonds is 5. The van der Waals surface area contributed by atoms with Crippen molar-refractivity contribution in [2.75, 3.05) is 49.4 Å². The Bertz CT molecular complexity index is 1160. The quantitative estimate of drug-likeness (QED) is 0.539. The van der Waals surface area contributed by atoms with Crippen molar-refractivity contribution in [1.82, 2.24) is 9.97 Å². The molecule has 1 unspecified atom stereocenters. The topological polar surface area (TPSA) is 85.5 Å². The van der Waals surface area contributed by atoms with Gasteiger partial charge in [0, 0.05) is 24.2 Å². The second-order valence-corrected chi connectivity index (χ2v) is 8.01. The molecule has 0 amide bonds. The molecule has 0 radical (unpaired) electrons. The van der Waals surface area contributed by atoms with E-state index in [2.05, 4.69) is 20.2 Å². The van der Waals surface area contributed by atoms with Gasteiger partial charge in [-0.3, -0.25) is 0 Å².